The van der Waals surface area contributed by atoms with Gasteiger partial charge in [0.1, 0.15) is 17.3 Å². The summed E-state index contributed by atoms with van der Waals surface area (Å²) in [6.45, 7) is 0.142. The van der Waals surface area contributed by atoms with Crippen LogP contribution < -0.4 is 10.6 Å². The summed E-state index contributed by atoms with van der Waals surface area (Å²) in [4.78, 5) is 17.7. The molecule has 146 valence electrons. The molecule has 0 aliphatic carbocycles. The largest absolute Gasteiger partial charge is 0.357 e. The third-order valence-electron chi connectivity index (χ3n) is 3.82. The Morgan fingerprint density at radius 1 is 1.10 bits per heavy atom. The van der Waals surface area contributed by atoms with Crippen LogP contribution in [0.2, 0.25) is 0 Å². The van der Waals surface area contributed by atoms with Gasteiger partial charge in [-0.2, -0.15) is 0 Å². The SMILES string of the molecule is O=C(Nc1nnn[nH]1)c1nc(NCc2cc(F)cc(F)c2)sc1-c1ccccc1. The summed E-state index contributed by atoms with van der Waals surface area (Å²) in [6, 6.07) is 12.5. The van der Waals surface area contributed by atoms with Gasteiger partial charge in [-0.15, -0.1) is 0 Å². The summed E-state index contributed by atoms with van der Waals surface area (Å²) in [7, 11) is 0. The van der Waals surface area contributed by atoms with Gasteiger partial charge in [0.15, 0.2) is 5.13 Å². The van der Waals surface area contributed by atoms with E-state index in [4.69, 9.17) is 0 Å². The maximum atomic E-state index is 13.4. The van der Waals surface area contributed by atoms with Crippen LogP contribution in [0.3, 0.4) is 0 Å². The van der Waals surface area contributed by atoms with Crippen molar-refractivity contribution in [2.45, 2.75) is 6.54 Å². The molecule has 0 aliphatic rings. The number of rotatable bonds is 6. The lowest BCUT2D eigenvalue weighted by atomic mass is 10.1. The van der Waals surface area contributed by atoms with Crippen LogP contribution >= 0.6 is 11.3 Å². The third-order valence-corrected chi connectivity index (χ3v) is 4.88. The number of anilines is 2. The molecule has 0 unspecified atom stereocenters. The number of thiazole rings is 1. The highest BCUT2D eigenvalue weighted by Crippen LogP contribution is 2.33. The van der Waals surface area contributed by atoms with Crippen LogP contribution in [-0.2, 0) is 6.54 Å². The van der Waals surface area contributed by atoms with Crippen LogP contribution in [-0.4, -0.2) is 31.5 Å². The molecule has 29 heavy (non-hydrogen) atoms. The van der Waals surface area contributed by atoms with Crippen LogP contribution in [0.15, 0.2) is 48.5 Å². The second-order valence-corrected chi connectivity index (χ2v) is 6.90. The Labute approximate surface area is 167 Å². The predicted octanol–water partition coefficient (Wildman–Crippen LogP) is 3.47. The zero-order valence-corrected chi connectivity index (χ0v) is 15.5. The minimum Gasteiger partial charge on any atom is -0.357 e. The number of carbonyl (C=O) groups excluding carboxylic acids is 1. The second-order valence-electron chi connectivity index (χ2n) is 5.90. The summed E-state index contributed by atoms with van der Waals surface area (Å²) in [5, 5.41) is 18.8. The number of benzene rings is 2. The smallest absolute Gasteiger partial charge is 0.278 e. The number of nitrogens with zero attached hydrogens (tertiary/aromatic N) is 4. The van der Waals surface area contributed by atoms with Crippen LogP contribution in [0.25, 0.3) is 10.4 Å². The topological polar surface area (TPSA) is 108 Å². The van der Waals surface area contributed by atoms with Crippen molar-refractivity contribution in [3.63, 3.8) is 0 Å². The molecule has 3 N–H and O–H groups in total. The zero-order valence-electron chi connectivity index (χ0n) is 14.7. The minimum atomic E-state index is -0.661. The average molecular weight is 413 g/mol. The van der Waals surface area contributed by atoms with Gasteiger partial charge in [0.25, 0.3) is 5.91 Å². The van der Waals surface area contributed by atoms with E-state index < -0.39 is 17.5 Å². The maximum Gasteiger partial charge on any atom is 0.278 e. The van der Waals surface area contributed by atoms with Crippen molar-refractivity contribution in [1.29, 1.82) is 0 Å². The van der Waals surface area contributed by atoms with Gasteiger partial charge >= 0.3 is 0 Å². The summed E-state index contributed by atoms with van der Waals surface area (Å²) >= 11 is 1.25. The van der Waals surface area contributed by atoms with Crippen LogP contribution in [0.4, 0.5) is 19.9 Å². The molecule has 1 amide bonds. The van der Waals surface area contributed by atoms with E-state index in [1.807, 2.05) is 30.3 Å². The molecule has 8 nitrogen and oxygen atoms in total. The van der Waals surface area contributed by atoms with Crippen molar-refractivity contribution in [2.75, 3.05) is 10.6 Å². The highest BCUT2D eigenvalue weighted by molar-refractivity contribution is 7.19. The Balaban J connectivity index is 1.61. The van der Waals surface area contributed by atoms with E-state index >= 15 is 0 Å². The van der Waals surface area contributed by atoms with Crippen LogP contribution in [0, 0.1) is 11.6 Å². The number of hydrogen-bond acceptors (Lipinski definition) is 7. The van der Waals surface area contributed by atoms with E-state index in [-0.39, 0.29) is 18.2 Å². The lowest BCUT2D eigenvalue weighted by Crippen LogP contribution is -2.14. The Hall–Kier alpha value is -3.73. The number of halogens is 2. The fraction of sp³-hybridized carbons (Fsp3) is 0.0556. The average Bonchev–Trinajstić information content (AvgIpc) is 3.36. The van der Waals surface area contributed by atoms with E-state index in [0.29, 0.717) is 15.6 Å². The number of aromatic amines is 1. The lowest BCUT2D eigenvalue weighted by Gasteiger charge is -2.03. The number of aromatic nitrogens is 5. The number of H-pyrrole nitrogens is 1. The Morgan fingerprint density at radius 3 is 2.55 bits per heavy atom. The zero-order chi connectivity index (χ0) is 20.2. The van der Waals surface area contributed by atoms with E-state index in [9.17, 15) is 13.6 Å². The summed E-state index contributed by atoms with van der Waals surface area (Å²) in [5.74, 6) is -1.73. The number of tetrazole rings is 1. The fourth-order valence-electron chi connectivity index (χ4n) is 2.60. The van der Waals surface area contributed by atoms with Gasteiger partial charge in [-0.1, -0.05) is 46.8 Å². The molecular formula is C18H13F2N7OS. The molecule has 4 rings (SSSR count). The van der Waals surface area contributed by atoms with E-state index in [0.717, 1.165) is 11.6 Å². The van der Waals surface area contributed by atoms with E-state index in [1.54, 1.807) is 0 Å². The molecule has 0 radical (unpaired) electrons. The van der Waals surface area contributed by atoms with Gasteiger partial charge in [0.2, 0.25) is 5.95 Å². The highest BCUT2D eigenvalue weighted by Gasteiger charge is 2.20. The van der Waals surface area contributed by atoms with Crippen molar-refractivity contribution in [2.24, 2.45) is 0 Å². The quantitative estimate of drug-likeness (QED) is 0.447. The lowest BCUT2D eigenvalue weighted by molar-refractivity contribution is 0.102. The van der Waals surface area contributed by atoms with Gasteiger partial charge in [0.05, 0.1) is 4.88 Å². The van der Waals surface area contributed by atoms with Crippen molar-refractivity contribution >= 4 is 28.3 Å². The summed E-state index contributed by atoms with van der Waals surface area (Å²) < 4.78 is 26.8. The Morgan fingerprint density at radius 2 is 1.86 bits per heavy atom. The molecule has 0 saturated heterocycles. The molecular weight excluding hydrogens is 400 g/mol. The molecule has 2 aromatic heterocycles. The van der Waals surface area contributed by atoms with Gasteiger partial charge in [-0.05, 0) is 33.7 Å². The third kappa shape index (κ3) is 4.41. The Kier molecular flexibility index (Phi) is 5.20. The molecule has 0 aliphatic heterocycles. The molecule has 4 aromatic rings. The molecule has 2 heterocycles. The van der Waals surface area contributed by atoms with Crippen molar-refractivity contribution in [3.8, 4) is 10.4 Å². The maximum absolute atomic E-state index is 13.4. The fourth-order valence-corrected chi connectivity index (χ4v) is 3.57. The summed E-state index contributed by atoms with van der Waals surface area (Å²) in [6.07, 6.45) is 0. The van der Waals surface area contributed by atoms with Crippen molar-refractivity contribution in [3.05, 3.63) is 71.4 Å². The monoisotopic (exact) mass is 413 g/mol. The first-order valence-electron chi connectivity index (χ1n) is 8.38. The molecule has 0 fully saturated rings. The van der Waals surface area contributed by atoms with Crippen molar-refractivity contribution < 1.29 is 13.6 Å². The first-order valence-corrected chi connectivity index (χ1v) is 9.20. The van der Waals surface area contributed by atoms with Gasteiger partial charge in [-0.25, -0.2) is 18.9 Å². The second kappa shape index (κ2) is 8.10. The first kappa shape index (κ1) is 18.6. The molecule has 11 heteroatoms. The molecule has 2 aromatic carbocycles. The van der Waals surface area contributed by atoms with E-state index in [1.165, 1.54) is 23.5 Å². The van der Waals surface area contributed by atoms with Gasteiger partial charge in [0, 0.05) is 12.6 Å². The van der Waals surface area contributed by atoms with Crippen LogP contribution in [0.5, 0.6) is 0 Å². The highest BCUT2D eigenvalue weighted by atomic mass is 32.1. The van der Waals surface area contributed by atoms with E-state index in [2.05, 4.69) is 36.2 Å². The number of nitrogens with one attached hydrogen (secondary N) is 3. The molecule has 0 bridgehead atoms. The van der Waals surface area contributed by atoms with Crippen LogP contribution in [0.1, 0.15) is 16.1 Å². The minimum absolute atomic E-state index is 0.0896. The number of carbonyl (C=O) groups is 1. The molecule has 0 atom stereocenters. The predicted molar refractivity (Wildman–Crippen MR) is 103 cm³/mol. The van der Waals surface area contributed by atoms with Gasteiger partial charge < -0.3 is 5.32 Å². The molecule has 0 saturated carbocycles. The normalized spacial score (nSPS) is 10.7. The number of hydrogen-bond donors (Lipinski definition) is 3. The van der Waals surface area contributed by atoms with Gasteiger partial charge in [-0.3, -0.25) is 10.1 Å². The standard InChI is InChI=1S/C18H13F2N7OS/c19-12-6-10(7-13(20)8-12)9-21-18-22-14(16(28)23-17-24-26-27-25-17)15(29-18)11-4-2-1-3-5-11/h1-8H,9H2,(H,21,22)(H2,23,24,25,26,27,28). The number of amides is 1. The molecule has 0 spiro atoms. The Bertz CT molecular complexity index is 1110. The first-order chi connectivity index (χ1) is 14.1. The van der Waals surface area contributed by atoms with Crippen molar-refractivity contribution in [1.82, 2.24) is 25.6 Å². The summed E-state index contributed by atoms with van der Waals surface area (Å²) in [5.41, 5.74) is 1.39.